The minimum Gasteiger partial charge on any atom is -0.369 e. The molecule has 1 aromatic heterocycles. The molecule has 0 saturated heterocycles. The predicted molar refractivity (Wildman–Crippen MR) is 71.0 cm³/mol. The zero-order chi connectivity index (χ0) is 12.2. The van der Waals surface area contributed by atoms with Crippen molar-refractivity contribution in [1.29, 1.82) is 0 Å². The molecule has 3 aromatic rings. The van der Waals surface area contributed by atoms with E-state index in [1.165, 1.54) is 5.56 Å². The van der Waals surface area contributed by atoms with E-state index in [2.05, 4.69) is 22.1 Å². The van der Waals surface area contributed by atoms with Crippen LogP contribution in [0.1, 0.15) is 11.4 Å². The van der Waals surface area contributed by atoms with Gasteiger partial charge in [-0.2, -0.15) is 0 Å². The largest absolute Gasteiger partial charge is 0.369 e. The molecule has 90 valence electrons. The third-order valence-corrected chi connectivity index (χ3v) is 2.79. The number of rotatable bonds is 4. The second-order valence-electron chi connectivity index (χ2n) is 4.18. The van der Waals surface area contributed by atoms with E-state index < -0.39 is 0 Å². The number of aromatic nitrogens is 2. The molecule has 0 aliphatic rings. The molecule has 1 N–H and O–H groups in total. The van der Waals surface area contributed by atoms with Crippen LogP contribution in [0.4, 0.5) is 0 Å². The van der Waals surface area contributed by atoms with Crippen molar-refractivity contribution in [2.24, 2.45) is 0 Å². The van der Waals surface area contributed by atoms with Gasteiger partial charge in [-0.3, -0.25) is 0 Å². The van der Waals surface area contributed by atoms with E-state index in [0.29, 0.717) is 13.2 Å². The van der Waals surface area contributed by atoms with Crippen LogP contribution >= 0.6 is 0 Å². The van der Waals surface area contributed by atoms with Gasteiger partial charge in [0.25, 0.3) is 0 Å². The fraction of sp³-hybridized carbons (Fsp3) is 0.133. The van der Waals surface area contributed by atoms with Crippen LogP contribution in [-0.2, 0) is 18.0 Å². The van der Waals surface area contributed by atoms with Gasteiger partial charge in [0.1, 0.15) is 12.4 Å². The number of para-hydroxylation sites is 2. The molecule has 0 atom stereocenters. The molecular formula is C15H14N2O. The van der Waals surface area contributed by atoms with Crippen LogP contribution in [0.2, 0.25) is 0 Å². The van der Waals surface area contributed by atoms with Crippen LogP contribution in [0.3, 0.4) is 0 Å². The fourth-order valence-corrected chi connectivity index (χ4v) is 1.91. The van der Waals surface area contributed by atoms with E-state index in [4.69, 9.17) is 4.74 Å². The van der Waals surface area contributed by atoms with Gasteiger partial charge < -0.3 is 9.72 Å². The third kappa shape index (κ3) is 2.41. The maximum absolute atomic E-state index is 5.64. The Labute approximate surface area is 105 Å². The molecule has 1 heterocycles. The third-order valence-electron chi connectivity index (χ3n) is 2.79. The highest BCUT2D eigenvalue weighted by Gasteiger charge is 2.01. The maximum Gasteiger partial charge on any atom is 0.133 e. The highest BCUT2D eigenvalue weighted by molar-refractivity contribution is 5.74. The van der Waals surface area contributed by atoms with Crippen molar-refractivity contribution in [2.45, 2.75) is 13.2 Å². The summed E-state index contributed by atoms with van der Waals surface area (Å²) >= 11 is 0. The van der Waals surface area contributed by atoms with Crippen molar-refractivity contribution in [1.82, 2.24) is 9.97 Å². The van der Waals surface area contributed by atoms with Crippen molar-refractivity contribution in [3.8, 4) is 0 Å². The zero-order valence-corrected chi connectivity index (χ0v) is 9.97. The predicted octanol–water partition coefficient (Wildman–Crippen LogP) is 3.28. The van der Waals surface area contributed by atoms with Crippen molar-refractivity contribution < 1.29 is 4.74 Å². The molecule has 0 spiro atoms. The standard InChI is InChI=1S/C15H14N2O/c1-2-6-12(7-3-1)10-18-11-15-16-13-8-4-5-9-14(13)17-15/h1-9H,10-11H2,(H,16,17). The number of benzene rings is 2. The molecule has 0 amide bonds. The topological polar surface area (TPSA) is 37.9 Å². The molecule has 0 aliphatic heterocycles. The summed E-state index contributed by atoms with van der Waals surface area (Å²) in [5.41, 5.74) is 3.21. The Morgan fingerprint density at radius 1 is 0.889 bits per heavy atom. The molecule has 0 fully saturated rings. The molecule has 2 aromatic carbocycles. The zero-order valence-electron chi connectivity index (χ0n) is 9.97. The molecule has 0 saturated carbocycles. The van der Waals surface area contributed by atoms with Crippen LogP contribution in [0.15, 0.2) is 54.6 Å². The number of aromatic amines is 1. The maximum atomic E-state index is 5.64. The number of nitrogens with one attached hydrogen (secondary N) is 1. The van der Waals surface area contributed by atoms with Crippen molar-refractivity contribution in [3.63, 3.8) is 0 Å². The molecule has 3 nitrogen and oxygen atoms in total. The number of ether oxygens (including phenoxy) is 1. The first kappa shape index (κ1) is 11.0. The summed E-state index contributed by atoms with van der Waals surface area (Å²) < 4.78 is 5.64. The van der Waals surface area contributed by atoms with E-state index in [1.807, 2.05) is 42.5 Å². The minimum absolute atomic E-state index is 0.504. The Kier molecular flexibility index (Phi) is 3.07. The monoisotopic (exact) mass is 238 g/mol. The van der Waals surface area contributed by atoms with Gasteiger partial charge in [-0.25, -0.2) is 4.98 Å². The van der Waals surface area contributed by atoms with Crippen LogP contribution in [0.5, 0.6) is 0 Å². The summed E-state index contributed by atoms with van der Waals surface area (Å²) in [6.45, 7) is 1.11. The highest BCUT2D eigenvalue weighted by atomic mass is 16.5. The van der Waals surface area contributed by atoms with Gasteiger partial charge in [-0.05, 0) is 17.7 Å². The Bertz CT molecular complexity index is 598. The van der Waals surface area contributed by atoms with Crippen molar-refractivity contribution in [3.05, 3.63) is 66.0 Å². The number of hydrogen-bond donors (Lipinski definition) is 1. The Hall–Kier alpha value is -2.13. The van der Waals surface area contributed by atoms with E-state index in [0.717, 1.165) is 16.9 Å². The molecule has 0 unspecified atom stereocenters. The first-order chi connectivity index (χ1) is 8.92. The lowest BCUT2D eigenvalue weighted by Gasteiger charge is -2.01. The van der Waals surface area contributed by atoms with Gasteiger partial charge in [0, 0.05) is 0 Å². The number of nitrogens with zero attached hydrogens (tertiary/aromatic N) is 1. The SMILES string of the molecule is c1ccc(COCc2nc3ccccc3[nH]2)cc1. The Morgan fingerprint density at radius 2 is 1.67 bits per heavy atom. The number of fused-ring (bicyclic) bond motifs is 1. The summed E-state index contributed by atoms with van der Waals surface area (Å²) in [5, 5.41) is 0. The van der Waals surface area contributed by atoms with Gasteiger partial charge in [-0.15, -0.1) is 0 Å². The fourth-order valence-electron chi connectivity index (χ4n) is 1.91. The second-order valence-corrected chi connectivity index (χ2v) is 4.18. The van der Waals surface area contributed by atoms with Gasteiger partial charge in [0.05, 0.1) is 17.6 Å². The lowest BCUT2D eigenvalue weighted by Crippen LogP contribution is -1.95. The number of imidazole rings is 1. The molecular weight excluding hydrogens is 224 g/mol. The lowest BCUT2D eigenvalue weighted by molar-refractivity contribution is 0.102. The molecule has 0 bridgehead atoms. The number of hydrogen-bond acceptors (Lipinski definition) is 2. The van der Waals surface area contributed by atoms with Crippen molar-refractivity contribution in [2.75, 3.05) is 0 Å². The van der Waals surface area contributed by atoms with Crippen LogP contribution < -0.4 is 0 Å². The molecule has 0 aliphatic carbocycles. The van der Waals surface area contributed by atoms with Gasteiger partial charge >= 0.3 is 0 Å². The van der Waals surface area contributed by atoms with E-state index in [9.17, 15) is 0 Å². The number of H-pyrrole nitrogens is 1. The highest BCUT2D eigenvalue weighted by Crippen LogP contribution is 2.11. The molecule has 18 heavy (non-hydrogen) atoms. The summed E-state index contributed by atoms with van der Waals surface area (Å²) in [6.07, 6.45) is 0. The van der Waals surface area contributed by atoms with E-state index in [1.54, 1.807) is 0 Å². The summed E-state index contributed by atoms with van der Waals surface area (Å²) in [6, 6.07) is 18.1. The quantitative estimate of drug-likeness (QED) is 0.757. The van der Waals surface area contributed by atoms with Crippen LogP contribution in [0, 0.1) is 0 Å². The normalized spacial score (nSPS) is 10.9. The summed E-state index contributed by atoms with van der Waals surface area (Å²) in [7, 11) is 0. The van der Waals surface area contributed by atoms with Gasteiger partial charge in [-0.1, -0.05) is 42.5 Å². The van der Waals surface area contributed by atoms with Gasteiger partial charge in [0.2, 0.25) is 0 Å². The smallest absolute Gasteiger partial charge is 0.133 e. The molecule has 0 radical (unpaired) electrons. The lowest BCUT2D eigenvalue weighted by atomic mass is 10.2. The first-order valence-electron chi connectivity index (χ1n) is 5.97. The summed E-state index contributed by atoms with van der Waals surface area (Å²) in [4.78, 5) is 7.71. The van der Waals surface area contributed by atoms with E-state index >= 15 is 0 Å². The molecule has 3 rings (SSSR count). The first-order valence-corrected chi connectivity index (χ1v) is 5.97. The van der Waals surface area contributed by atoms with Gasteiger partial charge in [0.15, 0.2) is 0 Å². The average Bonchev–Trinajstić information content (AvgIpc) is 2.82. The summed E-state index contributed by atoms with van der Waals surface area (Å²) in [5.74, 6) is 0.868. The van der Waals surface area contributed by atoms with Crippen molar-refractivity contribution >= 4 is 11.0 Å². The second kappa shape index (κ2) is 5.02. The van der Waals surface area contributed by atoms with Crippen LogP contribution in [0.25, 0.3) is 11.0 Å². The van der Waals surface area contributed by atoms with E-state index in [-0.39, 0.29) is 0 Å². The minimum atomic E-state index is 0.504. The Balaban J connectivity index is 1.63. The van der Waals surface area contributed by atoms with Crippen LogP contribution in [-0.4, -0.2) is 9.97 Å². The average molecular weight is 238 g/mol. The molecule has 3 heteroatoms. The Morgan fingerprint density at radius 3 is 2.50 bits per heavy atom.